The van der Waals surface area contributed by atoms with Crippen molar-refractivity contribution < 1.29 is 9.53 Å². The Balaban J connectivity index is 1.68. The number of carbonyl (C=O) groups excluding carboxylic acids is 1. The molecule has 1 fully saturated rings. The molecule has 0 N–H and O–H groups in total. The van der Waals surface area contributed by atoms with Gasteiger partial charge in [-0.3, -0.25) is 9.69 Å². The summed E-state index contributed by atoms with van der Waals surface area (Å²) in [7, 11) is 0. The summed E-state index contributed by atoms with van der Waals surface area (Å²) in [6, 6.07) is 3.48. The van der Waals surface area contributed by atoms with Crippen LogP contribution in [0.2, 0.25) is 0 Å². The van der Waals surface area contributed by atoms with Crippen molar-refractivity contribution in [2.45, 2.75) is 6.42 Å². The Morgan fingerprint density at radius 1 is 1.37 bits per heavy atom. The van der Waals surface area contributed by atoms with Crippen LogP contribution in [-0.2, 0) is 11.2 Å². The molecule has 0 amide bonds. The summed E-state index contributed by atoms with van der Waals surface area (Å²) in [5, 5.41) is 4.40. The highest BCUT2D eigenvalue weighted by Gasteiger charge is 2.11. The summed E-state index contributed by atoms with van der Waals surface area (Å²) < 4.78 is 7.03. The molecule has 1 aliphatic heterocycles. The van der Waals surface area contributed by atoms with E-state index in [0.29, 0.717) is 5.56 Å². The third kappa shape index (κ3) is 2.80. The van der Waals surface area contributed by atoms with Crippen LogP contribution in [0.1, 0.15) is 16.2 Å². The van der Waals surface area contributed by atoms with E-state index >= 15 is 0 Å². The van der Waals surface area contributed by atoms with Gasteiger partial charge < -0.3 is 4.74 Å². The van der Waals surface area contributed by atoms with Crippen molar-refractivity contribution in [1.82, 2.24) is 19.5 Å². The topological polar surface area (TPSA) is 59.7 Å². The minimum absolute atomic E-state index is 0.625. The number of carbonyl (C=O) groups is 1. The first-order chi connectivity index (χ1) is 9.35. The van der Waals surface area contributed by atoms with Gasteiger partial charge in [0.1, 0.15) is 6.29 Å². The Morgan fingerprint density at radius 3 is 3.00 bits per heavy atom. The lowest BCUT2D eigenvalue weighted by Gasteiger charge is -2.25. The van der Waals surface area contributed by atoms with E-state index in [9.17, 15) is 4.79 Å². The van der Waals surface area contributed by atoms with Crippen LogP contribution < -0.4 is 0 Å². The van der Waals surface area contributed by atoms with Crippen LogP contribution in [0.25, 0.3) is 5.65 Å². The summed E-state index contributed by atoms with van der Waals surface area (Å²) in [4.78, 5) is 17.5. The van der Waals surface area contributed by atoms with Crippen LogP contribution in [0.5, 0.6) is 0 Å². The number of hydrogen-bond donors (Lipinski definition) is 0. The summed E-state index contributed by atoms with van der Waals surface area (Å²) in [5.74, 6) is 0.814. The molecule has 0 bridgehead atoms. The first-order valence-electron chi connectivity index (χ1n) is 6.46. The second-order valence-electron chi connectivity index (χ2n) is 4.61. The predicted molar refractivity (Wildman–Crippen MR) is 69.3 cm³/mol. The standard InChI is InChI=1S/C13H16N4O2/c18-10-11-1-4-17-13(9-11)14-12(15-17)2-3-16-5-7-19-8-6-16/h1,4,9-10H,2-3,5-8H2. The number of ether oxygens (including phenoxy) is 1. The third-order valence-electron chi connectivity index (χ3n) is 3.30. The van der Waals surface area contributed by atoms with E-state index in [-0.39, 0.29) is 0 Å². The molecule has 0 aromatic carbocycles. The van der Waals surface area contributed by atoms with Crippen molar-refractivity contribution in [3.63, 3.8) is 0 Å². The molecule has 0 atom stereocenters. The number of aldehydes is 1. The number of hydrogen-bond acceptors (Lipinski definition) is 5. The Labute approximate surface area is 111 Å². The fourth-order valence-electron chi connectivity index (χ4n) is 2.21. The van der Waals surface area contributed by atoms with E-state index in [1.165, 1.54) is 0 Å². The molecule has 1 aliphatic rings. The minimum Gasteiger partial charge on any atom is -0.379 e. The molecule has 0 unspecified atom stereocenters. The van der Waals surface area contributed by atoms with Gasteiger partial charge in [-0.2, -0.15) is 5.10 Å². The molecule has 0 radical (unpaired) electrons. The molecule has 1 saturated heterocycles. The normalized spacial score (nSPS) is 16.8. The number of nitrogens with zero attached hydrogens (tertiary/aromatic N) is 4. The molecular formula is C13H16N4O2. The Kier molecular flexibility index (Phi) is 3.52. The summed E-state index contributed by atoms with van der Waals surface area (Å²) in [5.41, 5.74) is 1.35. The van der Waals surface area contributed by atoms with Crippen LogP contribution >= 0.6 is 0 Å². The molecule has 3 rings (SSSR count). The fourth-order valence-corrected chi connectivity index (χ4v) is 2.21. The highest BCUT2D eigenvalue weighted by molar-refractivity contribution is 5.76. The van der Waals surface area contributed by atoms with Gasteiger partial charge in [-0.15, -0.1) is 0 Å². The second kappa shape index (κ2) is 5.46. The number of aromatic nitrogens is 3. The zero-order valence-electron chi connectivity index (χ0n) is 10.7. The second-order valence-corrected chi connectivity index (χ2v) is 4.61. The monoisotopic (exact) mass is 260 g/mol. The molecule has 3 heterocycles. The average Bonchev–Trinajstić information content (AvgIpc) is 2.88. The van der Waals surface area contributed by atoms with Gasteiger partial charge in [0.2, 0.25) is 0 Å². The molecule has 0 spiro atoms. The number of rotatable bonds is 4. The minimum atomic E-state index is 0.625. The van der Waals surface area contributed by atoms with Crippen LogP contribution in [0, 0.1) is 0 Å². The highest BCUT2D eigenvalue weighted by Crippen LogP contribution is 2.06. The van der Waals surface area contributed by atoms with Gasteiger partial charge in [0.05, 0.1) is 13.2 Å². The van der Waals surface area contributed by atoms with Gasteiger partial charge in [-0.25, -0.2) is 9.50 Å². The Morgan fingerprint density at radius 2 is 2.21 bits per heavy atom. The zero-order valence-corrected chi connectivity index (χ0v) is 10.7. The maximum Gasteiger partial charge on any atom is 0.156 e. The lowest BCUT2D eigenvalue weighted by Crippen LogP contribution is -2.37. The molecule has 0 saturated carbocycles. The van der Waals surface area contributed by atoms with E-state index < -0.39 is 0 Å². The van der Waals surface area contributed by atoms with Gasteiger partial charge in [0, 0.05) is 37.8 Å². The van der Waals surface area contributed by atoms with E-state index in [4.69, 9.17) is 4.74 Å². The molecule has 6 heteroatoms. The van der Waals surface area contributed by atoms with Crippen molar-refractivity contribution in [3.05, 3.63) is 29.7 Å². The van der Waals surface area contributed by atoms with Gasteiger partial charge in [-0.05, 0) is 12.1 Å². The smallest absolute Gasteiger partial charge is 0.156 e. The van der Waals surface area contributed by atoms with Crippen molar-refractivity contribution in [2.75, 3.05) is 32.8 Å². The predicted octanol–water partition coefficient (Wildman–Crippen LogP) is 0.416. The number of pyridine rings is 1. The van der Waals surface area contributed by atoms with E-state index in [2.05, 4.69) is 15.0 Å². The lowest BCUT2D eigenvalue weighted by atomic mass is 10.3. The van der Waals surface area contributed by atoms with Gasteiger partial charge in [0.15, 0.2) is 11.5 Å². The Hall–Kier alpha value is -1.79. The van der Waals surface area contributed by atoms with Crippen LogP contribution in [-0.4, -0.2) is 58.6 Å². The largest absolute Gasteiger partial charge is 0.379 e. The summed E-state index contributed by atoms with van der Waals surface area (Å²) in [6.45, 7) is 4.51. The molecule has 6 nitrogen and oxygen atoms in total. The molecule has 19 heavy (non-hydrogen) atoms. The number of fused-ring (bicyclic) bond motifs is 1. The van der Waals surface area contributed by atoms with E-state index in [1.54, 1.807) is 22.8 Å². The molecule has 2 aromatic rings. The van der Waals surface area contributed by atoms with Gasteiger partial charge in [0.25, 0.3) is 0 Å². The first kappa shape index (κ1) is 12.3. The average molecular weight is 260 g/mol. The molecular weight excluding hydrogens is 244 g/mol. The number of morpholine rings is 1. The quantitative estimate of drug-likeness (QED) is 0.745. The maximum atomic E-state index is 10.7. The van der Waals surface area contributed by atoms with E-state index in [0.717, 1.165) is 57.0 Å². The Bertz CT molecular complexity index is 575. The summed E-state index contributed by atoms with van der Waals surface area (Å²) >= 11 is 0. The maximum absolute atomic E-state index is 10.7. The third-order valence-corrected chi connectivity index (χ3v) is 3.30. The van der Waals surface area contributed by atoms with Gasteiger partial charge >= 0.3 is 0 Å². The van der Waals surface area contributed by atoms with Crippen molar-refractivity contribution >= 4 is 11.9 Å². The highest BCUT2D eigenvalue weighted by atomic mass is 16.5. The van der Waals surface area contributed by atoms with Crippen molar-refractivity contribution in [1.29, 1.82) is 0 Å². The van der Waals surface area contributed by atoms with E-state index in [1.807, 2.05) is 0 Å². The van der Waals surface area contributed by atoms with Crippen molar-refractivity contribution in [2.24, 2.45) is 0 Å². The molecule has 0 aliphatic carbocycles. The van der Waals surface area contributed by atoms with Crippen molar-refractivity contribution in [3.8, 4) is 0 Å². The molecule has 2 aromatic heterocycles. The van der Waals surface area contributed by atoms with Crippen LogP contribution in [0.4, 0.5) is 0 Å². The molecule has 100 valence electrons. The SMILES string of the molecule is O=Cc1ccn2nc(CCN3CCOCC3)nc2c1. The first-order valence-corrected chi connectivity index (χ1v) is 6.46. The van der Waals surface area contributed by atoms with Gasteiger partial charge in [-0.1, -0.05) is 0 Å². The lowest BCUT2D eigenvalue weighted by molar-refractivity contribution is 0.0382. The zero-order chi connectivity index (χ0) is 13.1. The van der Waals surface area contributed by atoms with Crippen LogP contribution in [0.3, 0.4) is 0 Å². The fraction of sp³-hybridized carbons (Fsp3) is 0.462. The van der Waals surface area contributed by atoms with Crippen LogP contribution in [0.15, 0.2) is 18.3 Å². The summed E-state index contributed by atoms with van der Waals surface area (Å²) in [6.07, 6.45) is 3.41.